The summed E-state index contributed by atoms with van der Waals surface area (Å²) in [4.78, 5) is 14.3. The van der Waals surface area contributed by atoms with Gasteiger partial charge in [-0.1, -0.05) is 0 Å². The van der Waals surface area contributed by atoms with Gasteiger partial charge in [-0.2, -0.15) is 0 Å². The first-order valence-corrected chi connectivity index (χ1v) is 5.93. The summed E-state index contributed by atoms with van der Waals surface area (Å²) in [7, 11) is -3.13. The number of rotatable bonds is 0. The van der Waals surface area contributed by atoms with Crippen LogP contribution in [-0.2, 0) is 4.57 Å². The van der Waals surface area contributed by atoms with Gasteiger partial charge >= 0.3 is 87.2 Å². The fraction of sp³-hybridized carbons (Fsp3) is 0. The number of hydrogen-bond donors (Lipinski definition) is 2. The van der Waals surface area contributed by atoms with E-state index in [1.54, 1.807) is 0 Å². The van der Waals surface area contributed by atoms with Crippen molar-refractivity contribution in [2.45, 2.75) is 0 Å². The Bertz CT molecular complexity index is 210. The molecule has 0 radical (unpaired) electrons. The van der Waals surface area contributed by atoms with Crippen LogP contribution in [-0.4, -0.2) is 58.7 Å². The summed E-state index contributed by atoms with van der Waals surface area (Å²) in [6.45, 7) is 0. The van der Waals surface area contributed by atoms with Crippen LogP contribution in [0.2, 0.25) is 0 Å². The summed E-state index contributed by atoms with van der Waals surface area (Å²) in [5, 5.41) is 0. The van der Waals surface area contributed by atoms with Gasteiger partial charge in [-0.3, -0.25) is 4.57 Å². The van der Waals surface area contributed by atoms with Crippen molar-refractivity contribution in [3.8, 4) is 0 Å². The van der Waals surface area contributed by atoms with Gasteiger partial charge in [0.1, 0.15) is 0 Å². The zero-order chi connectivity index (χ0) is 8.69. The van der Waals surface area contributed by atoms with E-state index in [1.807, 2.05) is 0 Å². The van der Waals surface area contributed by atoms with E-state index < -0.39 is 8.25 Å². The third-order valence-electron chi connectivity index (χ3n) is 0.940. The molecule has 1 rings (SSSR count). The average molecular weight is 198 g/mol. The van der Waals surface area contributed by atoms with Gasteiger partial charge in [-0.15, -0.1) is 0 Å². The fourth-order valence-corrected chi connectivity index (χ4v) is 1.14. The predicted molar refractivity (Wildman–Crippen MR) is 45.3 cm³/mol. The van der Waals surface area contributed by atoms with Crippen LogP contribution in [0.3, 0.4) is 0 Å². The Balaban J connectivity index is 0.000000218. The van der Waals surface area contributed by atoms with Crippen LogP contribution < -0.4 is -0.342 Å². The molecule has 5 heteroatoms. The minimum atomic E-state index is -3.13. The summed E-state index contributed by atoms with van der Waals surface area (Å²) in [5.74, 6) is 0. The molecule has 2 N–H and O–H groups in total. The molecule has 0 atom stereocenters. The van der Waals surface area contributed by atoms with E-state index in [-0.39, 0.29) is 0 Å². The van der Waals surface area contributed by atoms with E-state index in [9.17, 15) is 0 Å². The van der Waals surface area contributed by atoms with Gasteiger partial charge < -0.3 is 9.79 Å². The first-order chi connectivity index (χ1) is 5.13. The Morgan fingerprint density at radius 1 is 1.18 bits per heavy atom. The van der Waals surface area contributed by atoms with E-state index in [0.29, 0.717) is 0 Å². The zero-order valence-electron chi connectivity index (χ0n) is 6.19. The van der Waals surface area contributed by atoms with Gasteiger partial charge in [-0.05, 0) is 0 Å². The van der Waals surface area contributed by atoms with Crippen molar-refractivity contribution in [3.05, 3.63) is 30.3 Å². The third-order valence-corrected chi connectivity index (χ3v) is 1.98. The topological polar surface area (TPSA) is 57.5 Å². The Morgan fingerprint density at radius 2 is 1.55 bits per heavy atom. The normalized spacial score (nSPS) is 8.82. The van der Waals surface area contributed by atoms with Crippen LogP contribution in [0.4, 0.5) is 0 Å². The average Bonchev–Trinajstić information content (AvgIpc) is 1.87. The summed E-state index contributed by atoms with van der Waals surface area (Å²) in [6, 6.07) is 10.6. The molecule has 1 aromatic rings. The second-order valence-corrected chi connectivity index (χ2v) is 4.31. The second kappa shape index (κ2) is 7.64. The maximum absolute atomic E-state index is 8.74. The Kier molecular flexibility index (Phi) is 8.34. The van der Waals surface area contributed by atoms with Gasteiger partial charge in [0.15, 0.2) is 0 Å². The fourth-order valence-electron chi connectivity index (χ4n) is 0.534. The van der Waals surface area contributed by atoms with Crippen molar-refractivity contribution in [3.63, 3.8) is 0 Å². The van der Waals surface area contributed by atoms with E-state index in [4.69, 9.17) is 14.4 Å². The van der Waals surface area contributed by atoms with Gasteiger partial charge in [-0.25, -0.2) is 0 Å². The van der Waals surface area contributed by atoms with Gasteiger partial charge in [0.05, 0.1) is 0 Å². The summed E-state index contributed by atoms with van der Waals surface area (Å²) >= 11 is 0.855. The van der Waals surface area contributed by atoms with Crippen LogP contribution >= 0.6 is 8.25 Å². The molecule has 0 amide bonds. The summed E-state index contributed by atoms with van der Waals surface area (Å²) < 4.78 is 10.2. The molecule has 0 unspecified atom stereocenters. The molecule has 0 heterocycles. The SMILES string of the molecule is O=[PH](O)O.[K][c]1ccccc1. The first kappa shape index (κ1) is 12.0. The Morgan fingerprint density at radius 3 is 1.73 bits per heavy atom. The van der Waals surface area contributed by atoms with Crippen LogP contribution in [0.1, 0.15) is 0 Å². The van der Waals surface area contributed by atoms with Crippen LogP contribution in [0.25, 0.3) is 0 Å². The standard InChI is InChI=1S/C6H5.K.H3O3P/c1-2-4-6-5-3-1;;1-4(2)3/h1-5H;;4H,(H2,1,2,3). The maximum atomic E-state index is 8.74. The molecule has 0 aliphatic heterocycles. The predicted octanol–water partition coefficient (Wildman–Crippen LogP) is -0.159. The molecule has 1 aromatic carbocycles. The van der Waals surface area contributed by atoms with Gasteiger partial charge in [0, 0.05) is 0 Å². The molecule has 0 saturated carbocycles. The van der Waals surface area contributed by atoms with E-state index in [0.717, 1.165) is 49.0 Å². The molecule has 0 aliphatic carbocycles. The van der Waals surface area contributed by atoms with E-state index in [2.05, 4.69) is 30.3 Å². The van der Waals surface area contributed by atoms with Crippen molar-refractivity contribution in [2.24, 2.45) is 0 Å². The molecule has 11 heavy (non-hydrogen) atoms. The molecule has 0 spiro atoms. The number of hydrogen-bond acceptors (Lipinski definition) is 1. The molecule has 0 bridgehead atoms. The van der Waals surface area contributed by atoms with Crippen molar-refractivity contribution in [1.29, 1.82) is 0 Å². The number of benzene rings is 1. The van der Waals surface area contributed by atoms with Crippen molar-refractivity contribution in [1.82, 2.24) is 0 Å². The van der Waals surface area contributed by atoms with Gasteiger partial charge in [0.2, 0.25) is 0 Å². The molecular formula is C6H8KO3P. The molecule has 0 aliphatic rings. The molecule has 56 valence electrons. The molecular weight excluding hydrogens is 190 g/mol. The van der Waals surface area contributed by atoms with Crippen molar-refractivity contribution in [2.75, 3.05) is 0 Å². The monoisotopic (exact) mass is 198 g/mol. The molecule has 0 fully saturated rings. The second-order valence-electron chi connectivity index (χ2n) is 1.94. The van der Waals surface area contributed by atoms with Crippen molar-refractivity contribution < 1.29 is 14.4 Å². The van der Waals surface area contributed by atoms with Crippen molar-refractivity contribution >= 4 is 56.9 Å². The molecule has 0 aromatic heterocycles. The molecule has 0 saturated heterocycles. The zero-order valence-corrected chi connectivity index (χ0v) is 10.3. The first-order valence-electron chi connectivity index (χ1n) is 3.06. The van der Waals surface area contributed by atoms with Crippen LogP contribution in [0, 0.1) is 0 Å². The van der Waals surface area contributed by atoms with Crippen LogP contribution in [0.15, 0.2) is 30.3 Å². The Labute approximate surface area is 100.0 Å². The third kappa shape index (κ3) is 11.0. The summed E-state index contributed by atoms with van der Waals surface area (Å²) in [5.41, 5.74) is 0. The summed E-state index contributed by atoms with van der Waals surface area (Å²) in [6.07, 6.45) is 0. The Hall–Kier alpha value is 1.01. The van der Waals surface area contributed by atoms with E-state index in [1.165, 1.54) is -0.342 Å². The minimum absolute atomic E-state index is 0.855. The molecule has 3 nitrogen and oxygen atoms in total. The van der Waals surface area contributed by atoms with E-state index >= 15 is 0 Å². The van der Waals surface area contributed by atoms with Crippen LogP contribution in [0.5, 0.6) is 0 Å². The quantitative estimate of drug-likeness (QED) is 0.450. The van der Waals surface area contributed by atoms with Gasteiger partial charge in [0.25, 0.3) is 0 Å².